The summed E-state index contributed by atoms with van der Waals surface area (Å²) < 4.78 is 14.0. The Hall–Kier alpha value is -2.18. The number of nitrogens with two attached hydrogens (primary N) is 1. The van der Waals surface area contributed by atoms with Gasteiger partial charge in [0.05, 0.1) is 4.92 Å². The quantitative estimate of drug-likeness (QED) is 0.516. The summed E-state index contributed by atoms with van der Waals surface area (Å²) in [7, 11) is 0. The Morgan fingerprint density at radius 1 is 1.48 bits per heavy atom. The number of nitrogens with zero attached hydrogens (tertiary/aromatic N) is 2. The molecular formula is C14H18FN3O3. The van der Waals surface area contributed by atoms with E-state index in [1.165, 1.54) is 0 Å². The average molecular weight is 295 g/mol. The smallest absolute Gasteiger partial charge is 0.293 e. The third-order valence-corrected chi connectivity index (χ3v) is 4.22. The van der Waals surface area contributed by atoms with E-state index in [1.54, 1.807) is 4.90 Å². The number of hydrogen-bond acceptors (Lipinski definition) is 4. The third kappa shape index (κ3) is 2.68. The van der Waals surface area contributed by atoms with E-state index in [-0.39, 0.29) is 6.04 Å². The van der Waals surface area contributed by atoms with Gasteiger partial charge in [0.2, 0.25) is 0 Å². The predicted octanol–water partition coefficient (Wildman–Crippen LogP) is 2.58. The summed E-state index contributed by atoms with van der Waals surface area (Å²) in [5, 5.41) is 10.9. The zero-order valence-electron chi connectivity index (χ0n) is 12.0. The lowest BCUT2D eigenvalue weighted by atomic mass is 9.91. The molecule has 1 aliphatic heterocycles. The predicted molar refractivity (Wildman–Crippen MR) is 76.4 cm³/mol. The van der Waals surface area contributed by atoms with Crippen LogP contribution < -0.4 is 5.73 Å². The van der Waals surface area contributed by atoms with Gasteiger partial charge in [-0.15, -0.1) is 0 Å². The molecule has 21 heavy (non-hydrogen) atoms. The molecule has 6 nitrogen and oxygen atoms in total. The molecule has 1 saturated heterocycles. The molecule has 1 aliphatic rings. The van der Waals surface area contributed by atoms with Gasteiger partial charge in [0.25, 0.3) is 11.6 Å². The van der Waals surface area contributed by atoms with E-state index in [0.717, 1.165) is 25.0 Å². The Morgan fingerprint density at radius 3 is 2.76 bits per heavy atom. The lowest BCUT2D eigenvalue weighted by molar-refractivity contribution is -0.384. The molecule has 7 heteroatoms. The molecule has 1 fully saturated rings. The molecule has 0 spiro atoms. The number of carbonyl (C=O) groups is 1. The highest BCUT2D eigenvalue weighted by atomic mass is 19.1. The summed E-state index contributed by atoms with van der Waals surface area (Å²) in [4.78, 5) is 24.3. The van der Waals surface area contributed by atoms with Crippen LogP contribution in [0, 0.1) is 21.8 Å². The molecule has 0 aliphatic carbocycles. The van der Waals surface area contributed by atoms with E-state index in [1.807, 2.05) is 13.8 Å². The molecule has 0 saturated carbocycles. The molecule has 0 radical (unpaired) electrons. The summed E-state index contributed by atoms with van der Waals surface area (Å²) in [5.74, 6) is -1.10. The van der Waals surface area contributed by atoms with Crippen LogP contribution in [0.5, 0.6) is 0 Å². The van der Waals surface area contributed by atoms with E-state index >= 15 is 0 Å². The van der Waals surface area contributed by atoms with Gasteiger partial charge in [0, 0.05) is 18.7 Å². The van der Waals surface area contributed by atoms with Gasteiger partial charge in [0.1, 0.15) is 17.1 Å². The van der Waals surface area contributed by atoms with Crippen LogP contribution in [0.25, 0.3) is 0 Å². The minimum atomic E-state index is -0.825. The topological polar surface area (TPSA) is 89.5 Å². The summed E-state index contributed by atoms with van der Waals surface area (Å²) >= 11 is 0. The fraction of sp³-hybridized carbons (Fsp3) is 0.500. The maximum Gasteiger partial charge on any atom is 0.293 e. The Balaban J connectivity index is 2.43. The van der Waals surface area contributed by atoms with Gasteiger partial charge in [-0.25, -0.2) is 4.39 Å². The number of nitro benzene ring substituents is 1. The number of nitrogen functional groups attached to an aromatic ring is 1. The van der Waals surface area contributed by atoms with Gasteiger partial charge in [-0.05, 0) is 31.7 Å². The van der Waals surface area contributed by atoms with E-state index in [0.29, 0.717) is 12.5 Å². The second kappa shape index (κ2) is 5.67. The maximum atomic E-state index is 14.0. The largest absolute Gasteiger partial charge is 0.392 e. The summed E-state index contributed by atoms with van der Waals surface area (Å²) in [6, 6.07) is 1.84. The number of anilines is 1. The zero-order valence-corrected chi connectivity index (χ0v) is 12.0. The molecular weight excluding hydrogens is 277 g/mol. The van der Waals surface area contributed by atoms with E-state index < -0.39 is 33.6 Å². The van der Waals surface area contributed by atoms with Crippen molar-refractivity contribution in [1.82, 2.24) is 4.90 Å². The van der Waals surface area contributed by atoms with E-state index in [2.05, 4.69) is 0 Å². The van der Waals surface area contributed by atoms with Crippen molar-refractivity contribution < 1.29 is 14.1 Å². The standard InChI is InChI=1S/C14H18FN3O3/c1-8-4-3-7-17(9(8)2)14(19)12-10(15)5-6-11(13(12)16)18(20)21/h5-6,8-9H,3-4,7,16H2,1-2H3. The molecule has 1 aromatic rings. The number of nitro groups is 1. The lowest BCUT2D eigenvalue weighted by Gasteiger charge is -2.38. The van der Waals surface area contributed by atoms with Crippen LogP contribution in [-0.4, -0.2) is 28.3 Å². The van der Waals surface area contributed by atoms with Gasteiger partial charge in [0.15, 0.2) is 0 Å². The summed E-state index contributed by atoms with van der Waals surface area (Å²) in [6.45, 7) is 4.43. The second-order valence-electron chi connectivity index (χ2n) is 5.47. The van der Waals surface area contributed by atoms with Crippen LogP contribution in [0.2, 0.25) is 0 Å². The van der Waals surface area contributed by atoms with Crippen molar-refractivity contribution in [2.45, 2.75) is 32.7 Å². The fourth-order valence-corrected chi connectivity index (χ4v) is 2.72. The highest BCUT2D eigenvalue weighted by Crippen LogP contribution is 2.31. The zero-order chi connectivity index (χ0) is 15.7. The van der Waals surface area contributed by atoms with Crippen LogP contribution in [-0.2, 0) is 0 Å². The van der Waals surface area contributed by atoms with Crippen LogP contribution in [0.15, 0.2) is 12.1 Å². The van der Waals surface area contributed by atoms with Gasteiger partial charge in [-0.3, -0.25) is 14.9 Å². The first-order valence-corrected chi connectivity index (χ1v) is 6.88. The monoisotopic (exact) mass is 295 g/mol. The Morgan fingerprint density at radius 2 is 2.14 bits per heavy atom. The Kier molecular flexibility index (Phi) is 4.11. The number of benzene rings is 1. The summed E-state index contributed by atoms with van der Waals surface area (Å²) in [5.41, 5.74) is 4.39. The normalized spacial score (nSPS) is 22.1. The van der Waals surface area contributed by atoms with Crippen LogP contribution in [0.3, 0.4) is 0 Å². The number of hydrogen-bond donors (Lipinski definition) is 1. The van der Waals surface area contributed by atoms with Gasteiger partial charge >= 0.3 is 0 Å². The fourth-order valence-electron chi connectivity index (χ4n) is 2.72. The number of carbonyl (C=O) groups excluding carboxylic acids is 1. The van der Waals surface area contributed by atoms with Crippen molar-refractivity contribution in [3.05, 3.63) is 33.6 Å². The minimum Gasteiger partial charge on any atom is -0.392 e. The molecule has 2 unspecified atom stereocenters. The number of amides is 1. The van der Waals surface area contributed by atoms with Crippen LogP contribution in [0.4, 0.5) is 15.8 Å². The first kappa shape index (κ1) is 15.2. The molecule has 0 aromatic heterocycles. The van der Waals surface area contributed by atoms with Crippen LogP contribution >= 0.6 is 0 Å². The Bertz CT molecular complexity index is 591. The van der Waals surface area contributed by atoms with E-state index in [9.17, 15) is 19.3 Å². The molecule has 1 amide bonds. The summed E-state index contributed by atoms with van der Waals surface area (Å²) in [6.07, 6.45) is 1.82. The molecule has 0 bridgehead atoms. The maximum absolute atomic E-state index is 14.0. The van der Waals surface area contributed by atoms with Crippen molar-refractivity contribution in [2.24, 2.45) is 5.92 Å². The first-order chi connectivity index (χ1) is 9.84. The number of likely N-dealkylation sites (tertiary alicyclic amines) is 1. The lowest BCUT2D eigenvalue weighted by Crippen LogP contribution is -2.46. The van der Waals surface area contributed by atoms with Crippen LogP contribution in [0.1, 0.15) is 37.0 Å². The average Bonchev–Trinajstić information content (AvgIpc) is 2.41. The van der Waals surface area contributed by atoms with Crippen molar-refractivity contribution in [1.29, 1.82) is 0 Å². The van der Waals surface area contributed by atoms with Crippen molar-refractivity contribution in [2.75, 3.05) is 12.3 Å². The van der Waals surface area contributed by atoms with E-state index in [4.69, 9.17) is 5.73 Å². The molecule has 2 N–H and O–H groups in total. The van der Waals surface area contributed by atoms with Gasteiger partial charge < -0.3 is 10.6 Å². The number of rotatable bonds is 2. The highest BCUT2D eigenvalue weighted by Gasteiger charge is 2.33. The Labute approximate surface area is 121 Å². The number of piperidine rings is 1. The van der Waals surface area contributed by atoms with Crippen molar-refractivity contribution in [3.63, 3.8) is 0 Å². The highest BCUT2D eigenvalue weighted by molar-refractivity contribution is 6.01. The van der Waals surface area contributed by atoms with Crippen molar-refractivity contribution >= 4 is 17.3 Å². The number of halogens is 1. The third-order valence-electron chi connectivity index (χ3n) is 4.22. The van der Waals surface area contributed by atoms with Gasteiger partial charge in [-0.1, -0.05) is 6.92 Å². The molecule has 114 valence electrons. The minimum absolute atomic E-state index is 0.0516. The molecule has 2 rings (SSSR count). The SMILES string of the molecule is CC1CCCN(C(=O)c2c(F)ccc([N+](=O)[O-])c2N)C1C. The van der Waals surface area contributed by atoms with Gasteiger partial charge in [-0.2, -0.15) is 0 Å². The van der Waals surface area contributed by atoms with Crippen molar-refractivity contribution in [3.8, 4) is 0 Å². The first-order valence-electron chi connectivity index (χ1n) is 6.88. The molecule has 1 aromatic carbocycles. The molecule has 2 atom stereocenters. The second-order valence-corrected chi connectivity index (χ2v) is 5.47. The molecule has 1 heterocycles.